The molecule has 0 aliphatic rings. The van der Waals surface area contributed by atoms with Crippen molar-refractivity contribution in [3.63, 3.8) is 0 Å². The van der Waals surface area contributed by atoms with Crippen molar-refractivity contribution in [2.45, 2.75) is 19.3 Å². The minimum Gasteiger partial charge on any atom is -0.356 e. The molecule has 0 radical (unpaired) electrons. The topological polar surface area (TPSA) is 130 Å². The summed E-state index contributed by atoms with van der Waals surface area (Å²) in [4.78, 5) is 29.4. The molecular weight excluding hydrogens is 348 g/mol. The molecule has 3 rings (SSSR count). The summed E-state index contributed by atoms with van der Waals surface area (Å²) in [5.74, 6) is 1.20. The molecular formula is C15H15ClN6O3. The predicted molar refractivity (Wildman–Crippen MR) is 89.0 cm³/mol. The van der Waals surface area contributed by atoms with Crippen LogP contribution in [-0.4, -0.2) is 37.8 Å². The van der Waals surface area contributed by atoms with Crippen molar-refractivity contribution in [1.82, 2.24) is 30.6 Å². The Labute approximate surface area is 146 Å². The number of benzene rings is 1. The first kappa shape index (κ1) is 16.9. The molecule has 0 unspecified atom stereocenters. The summed E-state index contributed by atoms with van der Waals surface area (Å²) in [5.41, 5.74) is 0.416. The van der Waals surface area contributed by atoms with Crippen LogP contribution in [-0.2, 0) is 17.6 Å². The summed E-state index contributed by atoms with van der Waals surface area (Å²) >= 11 is 5.84. The number of halogens is 1. The van der Waals surface area contributed by atoms with Gasteiger partial charge in [0, 0.05) is 36.4 Å². The lowest BCUT2D eigenvalue weighted by Gasteiger charge is -2.01. The van der Waals surface area contributed by atoms with Gasteiger partial charge in [-0.15, -0.1) is 0 Å². The number of rotatable bonds is 7. The maximum atomic E-state index is 11.8. The zero-order valence-electron chi connectivity index (χ0n) is 13.1. The number of aromatic amines is 2. The van der Waals surface area contributed by atoms with Gasteiger partial charge in [-0.05, 0) is 24.3 Å². The van der Waals surface area contributed by atoms with E-state index in [4.69, 9.17) is 16.1 Å². The van der Waals surface area contributed by atoms with E-state index in [0.717, 1.165) is 5.56 Å². The highest BCUT2D eigenvalue weighted by molar-refractivity contribution is 6.30. The number of nitrogens with one attached hydrogen (secondary N) is 3. The monoisotopic (exact) mass is 362 g/mol. The summed E-state index contributed by atoms with van der Waals surface area (Å²) < 4.78 is 5.16. The van der Waals surface area contributed by atoms with Crippen LogP contribution < -0.4 is 11.0 Å². The Kier molecular flexibility index (Phi) is 5.24. The fourth-order valence-corrected chi connectivity index (χ4v) is 2.25. The maximum Gasteiger partial charge on any atom is 0.340 e. The highest BCUT2D eigenvalue weighted by Gasteiger charge is 2.09. The lowest BCUT2D eigenvalue weighted by atomic mass is 10.2. The lowest BCUT2D eigenvalue weighted by molar-refractivity contribution is -0.121. The third-order valence-electron chi connectivity index (χ3n) is 3.37. The third-order valence-corrected chi connectivity index (χ3v) is 3.62. The number of hydrogen-bond acceptors (Lipinski definition) is 6. The van der Waals surface area contributed by atoms with Gasteiger partial charge >= 0.3 is 5.69 Å². The van der Waals surface area contributed by atoms with Gasteiger partial charge in [-0.1, -0.05) is 16.8 Å². The molecule has 130 valence electrons. The first-order valence-electron chi connectivity index (χ1n) is 7.59. The maximum absolute atomic E-state index is 11.8. The number of aryl methyl sites for hydroxylation is 1. The zero-order valence-corrected chi connectivity index (χ0v) is 13.8. The normalized spacial score (nSPS) is 10.8. The van der Waals surface area contributed by atoms with Crippen molar-refractivity contribution in [3.8, 4) is 11.4 Å². The fraction of sp³-hybridized carbons (Fsp3) is 0.267. The Bertz CT molecular complexity index is 898. The first-order valence-corrected chi connectivity index (χ1v) is 7.97. The van der Waals surface area contributed by atoms with Crippen molar-refractivity contribution >= 4 is 17.5 Å². The van der Waals surface area contributed by atoms with E-state index in [1.165, 1.54) is 0 Å². The number of carbonyl (C=O) groups is 1. The van der Waals surface area contributed by atoms with Crippen molar-refractivity contribution in [2.75, 3.05) is 6.54 Å². The second-order valence-corrected chi connectivity index (χ2v) is 5.68. The average Bonchev–Trinajstić information content (AvgIpc) is 3.23. The number of amides is 1. The van der Waals surface area contributed by atoms with Gasteiger partial charge in [-0.25, -0.2) is 9.89 Å². The summed E-state index contributed by atoms with van der Waals surface area (Å²) in [7, 11) is 0. The molecule has 0 aliphatic heterocycles. The molecule has 0 aliphatic carbocycles. The number of hydrogen-bond donors (Lipinski definition) is 3. The highest BCUT2D eigenvalue weighted by atomic mass is 35.5. The average molecular weight is 363 g/mol. The summed E-state index contributed by atoms with van der Waals surface area (Å²) in [6.07, 6.45) is 0.998. The SMILES string of the molecule is O=C(CCc1n[nH]c(=O)[nH]1)NCCc1nc(-c2ccc(Cl)cc2)no1. The Morgan fingerprint density at radius 3 is 2.76 bits per heavy atom. The van der Waals surface area contributed by atoms with Gasteiger partial charge in [0.05, 0.1) is 0 Å². The smallest absolute Gasteiger partial charge is 0.340 e. The molecule has 0 saturated carbocycles. The van der Waals surface area contributed by atoms with Gasteiger partial charge in [0.1, 0.15) is 5.82 Å². The number of nitrogens with zero attached hydrogens (tertiary/aromatic N) is 3. The van der Waals surface area contributed by atoms with E-state index in [1.54, 1.807) is 24.3 Å². The summed E-state index contributed by atoms with van der Waals surface area (Å²) in [6, 6.07) is 7.11. The van der Waals surface area contributed by atoms with Crippen LogP contribution in [0, 0.1) is 0 Å². The van der Waals surface area contributed by atoms with E-state index in [0.29, 0.717) is 41.9 Å². The fourth-order valence-electron chi connectivity index (χ4n) is 2.13. The van der Waals surface area contributed by atoms with E-state index in [2.05, 4.69) is 30.6 Å². The van der Waals surface area contributed by atoms with Gasteiger partial charge in [-0.3, -0.25) is 9.78 Å². The Balaban J connectivity index is 1.43. The summed E-state index contributed by atoms with van der Waals surface area (Å²) in [5, 5.41) is 13.3. The number of carbonyl (C=O) groups excluding carboxylic acids is 1. The molecule has 9 nitrogen and oxygen atoms in total. The van der Waals surface area contributed by atoms with Crippen LogP contribution in [0.4, 0.5) is 0 Å². The van der Waals surface area contributed by atoms with Crippen LogP contribution in [0.3, 0.4) is 0 Å². The Morgan fingerprint density at radius 1 is 1.24 bits per heavy atom. The Morgan fingerprint density at radius 2 is 2.04 bits per heavy atom. The largest absolute Gasteiger partial charge is 0.356 e. The van der Waals surface area contributed by atoms with Crippen LogP contribution in [0.25, 0.3) is 11.4 Å². The van der Waals surface area contributed by atoms with Crippen molar-refractivity contribution in [2.24, 2.45) is 0 Å². The minimum atomic E-state index is -0.386. The van der Waals surface area contributed by atoms with E-state index in [1.807, 2.05) is 0 Å². The first-order chi connectivity index (χ1) is 12.1. The van der Waals surface area contributed by atoms with Crippen molar-refractivity contribution in [3.05, 3.63) is 51.5 Å². The molecule has 0 fully saturated rings. The minimum absolute atomic E-state index is 0.152. The van der Waals surface area contributed by atoms with E-state index < -0.39 is 0 Å². The molecule has 0 spiro atoms. The third kappa shape index (κ3) is 4.77. The molecule has 3 aromatic rings. The van der Waals surface area contributed by atoms with Crippen LogP contribution >= 0.6 is 11.6 Å². The zero-order chi connectivity index (χ0) is 17.6. The van der Waals surface area contributed by atoms with Gasteiger partial charge in [-0.2, -0.15) is 10.1 Å². The molecule has 1 amide bonds. The second-order valence-electron chi connectivity index (χ2n) is 5.24. The summed E-state index contributed by atoms with van der Waals surface area (Å²) in [6.45, 7) is 0.373. The molecule has 0 saturated heterocycles. The standard InChI is InChI=1S/C15H15ClN6O3/c16-10-3-1-9(2-4-10)14-19-13(25-22-14)7-8-17-12(23)6-5-11-18-15(24)21-20-11/h1-4H,5-8H2,(H,17,23)(H2,18,20,21,24). The van der Waals surface area contributed by atoms with E-state index in [-0.39, 0.29) is 18.0 Å². The lowest BCUT2D eigenvalue weighted by Crippen LogP contribution is -2.26. The molecule has 0 bridgehead atoms. The van der Waals surface area contributed by atoms with E-state index >= 15 is 0 Å². The molecule has 2 heterocycles. The van der Waals surface area contributed by atoms with Gasteiger partial charge in [0.15, 0.2) is 0 Å². The van der Waals surface area contributed by atoms with Crippen molar-refractivity contribution < 1.29 is 9.32 Å². The van der Waals surface area contributed by atoms with Crippen LogP contribution in [0.1, 0.15) is 18.1 Å². The van der Waals surface area contributed by atoms with E-state index in [9.17, 15) is 9.59 Å². The molecule has 3 N–H and O–H groups in total. The predicted octanol–water partition coefficient (Wildman–Crippen LogP) is 1.09. The quantitative estimate of drug-likeness (QED) is 0.577. The molecule has 2 aromatic heterocycles. The van der Waals surface area contributed by atoms with Crippen LogP contribution in [0.15, 0.2) is 33.6 Å². The Hall–Kier alpha value is -2.94. The van der Waals surface area contributed by atoms with Gasteiger partial charge in [0.25, 0.3) is 0 Å². The highest BCUT2D eigenvalue weighted by Crippen LogP contribution is 2.18. The van der Waals surface area contributed by atoms with Gasteiger partial charge in [0.2, 0.25) is 17.6 Å². The molecule has 25 heavy (non-hydrogen) atoms. The number of H-pyrrole nitrogens is 2. The number of aromatic nitrogens is 5. The molecule has 10 heteroatoms. The van der Waals surface area contributed by atoms with Crippen molar-refractivity contribution in [1.29, 1.82) is 0 Å². The molecule has 1 aromatic carbocycles. The second kappa shape index (κ2) is 7.75. The molecule has 0 atom stereocenters. The van der Waals surface area contributed by atoms with Crippen LogP contribution in [0.5, 0.6) is 0 Å². The van der Waals surface area contributed by atoms with Gasteiger partial charge < -0.3 is 9.84 Å². The van der Waals surface area contributed by atoms with Crippen LogP contribution in [0.2, 0.25) is 5.02 Å².